The van der Waals surface area contributed by atoms with Crippen LogP contribution in [0.15, 0.2) is 65.7 Å². The van der Waals surface area contributed by atoms with E-state index in [1.165, 1.54) is 17.0 Å². The van der Waals surface area contributed by atoms with Crippen molar-refractivity contribution in [2.45, 2.75) is 13.5 Å². The number of nitrogens with zero attached hydrogens (tertiary/aromatic N) is 2. The van der Waals surface area contributed by atoms with Crippen molar-refractivity contribution in [3.63, 3.8) is 0 Å². The second kappa shape index (κ2) is 7.32. The Morgan fingerprint density at radius 2 is 1.92 bits per heavy atom. The summed E-state index contributed by atoms with van der Waals surface area (Å²) in [6.07, 6.45) is 1.38. The van der Waals surface area contributed by atoms with Gasteiger partial charge in [0.05, 0.1) is 12.0 Å². The zero-order valence-electron chi connectivity index (χ0n) is 13.6. The number of anilines is 1. The van der Waals surface area contributed by atoms with Gasteiger partial charge in [-0.2, -0.15) is 0 Å². The molecule has 0 aliphatic carbocycles. The molecule has 0 aliphatic rings. The smallest absolute Gasteiger partial charge is 0.254 e. The highest BCUT2D eigenvalue weighted by Crippen LogP contribution is 2.22. The first-order chi connectivity index (χ1) is 12.0. The van der Waals surface area contributed by atoms with Crippen molar-refractivity contribution in [1.82, 2.24) is 9.55 Å². The van der Waals surface area contributed by atoms with Gasteiger partial charge in [0.1, 0.15) is 6.54 Å². The molecule has 1 aromatic heterocycles. The van der Waals surface area contributed by atoms with E-state index in [1.807, 2.05) is 37.3 Å². The first-order valence-corrected chi connectivity index (χ1v) is 8.09. The monoisotopic (exact) mass is 353 g/mol. The van der Waals surface area contributed by atoms with Gasteiger partial charge in [0, 0.05) is 22.3 Å². The summed E-state index contributed by atoms with van der Waals surface area (Å²) in [4.78, 5) is 28.7. The van der Waals surface area contributed by atoms with Gasteiger partial charge in [0.15, 0.2) is 0 Å². The van der Waals surface area contributed by atoms with Crippen molar-refractivity contribution in [3.05, 3.63) is 81.9 Å². The van der Waals surface area contributed by atoms with Crippen LogP contribution in [0.2, 0.25) is 5.02 Å². The molecule has 0 saturated carbocycles. The van der Waals surface area contributed by atoms with Crippen LogP contribution in [0, 0.1) is 6.92 Å². The zero-order valence-corrected chi connectivity index (χ0v) is 14.3. The summed E-state index contributed by atoms with van der Waals surface area (Å²) in [6, 6.07) is 16.1. The van der Waals surface area contributed by atoms with Crippen molar-refractivity contribution in [1.29, 1.82) is 0 Å². The summed E-state index contributed by atoms with van der Waals surface area (Å²) in [5, 5.41) is 3.34. The normalized spacial score (nSPS) is 10.5. The number of hydrogen-bond acceptors (Lipinski definition) is 3. The maximum Gasteiger partial charge on any atom is 0.254 e. The highest BCUT2D eigenvalue weighted by Gasteiger charge is 2.09. The Bertz CT molecular complexity index is 968. The SMILES string of the molecule is Cc1c(Cl)cccc1NC(=O)Cn1cnc(-c2ccccc2)cc1=O. The van der Waals surface area contributed by atoms with Gasteiger partial charge in [0.2, 0.25) is 5.91 Å². The number of nitrogens with one attached hydrogen (secondary N) is 1. The fourth-order valence-electron chi connectivity index (χ4n) is 2.40. The standard InChI is InChI=1S/C19H16ClN3O2/c1-13-15(20)8-5-9-16(13)22-18(24)11-23-12-21-17(10-19(23)25)14-6-3-2-4-7-14/h2-10,12H,11H2,1H3,(H,22,24). The lowest BCUT2D eigenvalue weighted by molar-refractivity contribution is -0.116. The minimum atomic E-state index is -0.318. The topological polar surface area (TPSA) is 64.0 Å². The van der Waals surface area contributed by atoms with Gasteiger partial charge >= 0.3 is 0 Å². The Hall–Kier alpha value is -2.92. The third-order valence-corrected chi connectivity index (χ3v) is 4.21. The Labute approximate surface area is 149 Å². The van der Waals surface area contributed by atoms with E-state index in [0.717, 1.165) is 11.1 Å². The van der Waals surface area contributed by atoms with E-state index in [-0.39, 0.29) is 18.0 Å². The number of benzene rings is 2. The Balaban J connectivity index is 1.76. The summed E-state index contributed by atoms with van der Waals surface area (Å²) < 4.78 is 1.27. The van der Waals surface area contributed by atoms with Gasteiger partial charge < -0.3 is 5.32 Å². The Kier molecular flexibility index (Phi) is 4.95. The predicted molar refractivity (Wildman–Crippen MR) is 98.8 cm³/mol. The number of hydrogen-bond donors (Lipinski definition) is 1. The summed E-state index contributed by atoms with van der Waals surface area (Å²) in [5.74, 6) is -0.318. The third kappa shape index (κ3) is 3.95. The van der Waals surface area contributed by atoms with Crippen LogP contribution in [0.3, 0.4) is 0 Å². The van der Waals surface area contributed by atoms with Crippen LogP contribution in [0.4, 0.5) is 5.69 Å². The van der Waals surface area contributed by atoms with Gasteiger partial charge in [-0.3, -0.25) is 14.2 Å². The molecule has 1 heterocycles. The zero-order chi connectivity index (χ0) is 17.8. The summed E-state index contributed by atoms with van der Waals surface area (Å²) >= 11 is 6.04. The van der Waals surface area contributed by atoms with Crippen molar-refractivity contribution < 1.29 is 4.79 Å². The summed E-state index contributed by atoms with van der Waals surface area (Å²) in [5.41, 5.74) is 2.55. The molecular weight excluding hydrogens is 338 g/mol. The van der Waals surface area contributed by atoms with Crippen LogP contribution in [0.25, 0.3) is 11.3 Å². The van der Waals surface area contributed by atoms with Crippen molar-refractivity contribution in [3.8, 4) is 11.3 Å². The first-order valence-electron chi connectivity index (χ1n) is 7.71. The third-order valence-electron chi connectivity index (χ3n) is 3.80. The number of carbonyl (C=O) groups excluding carboxylic acids is 1. The molecule has 0 saturated heterocycles. The molecule has 6 heteroatoms. The second-order valence-electron chi connectivity index (χ2n) is 5.57. The van der Waals surface area contributed by atoms with E-state index in [0.29, 0.717) is 16.4 Å². The molecule has 0 atom stereocenters. The van der Waals surface area contributed by atoms with Gasteiger partial charge in [0.25, 0.3) is 5.56 Å². The fourth-order valence-corrected chi connectivity index (χ4v) is 2.57. The van der Waals surface area contributed by atoms with Gasteiger partial charge in [-0.05, 0) is 24.6 Å². The molecule has 2 aromatic carbocycles. The van der Waals surface area contributed by atoms with Crippen molar-refractivity contribution >= 4 is 23.2 Å². The van der Waals surface area contributed by atoms with E-state index in [2.05, 4.69) is 10.3 Å². The predicted octanol–water partition coefficient (Wildman–Crippen LogP) is 3.51. The summed E-state index contributed by atoms with van der Waals surface area (Å²) in [6.45, 7) is 1.70. The van der Waals surface area contributed by atoms with Gasteiger partial charge in [-0.1, -0.05) is 48.0 Å². The van der Waals surface area contributed by atoms with Crippen LogP contribution in [-0.2, 0) is 11.3 Å². The molecule has 3 aromatic rings. The maximum absolute atomic E-state index is 12.2. The lowest BCUT2D eigenvalue weighted by Gasteiger charge is -2.10. The number of aromatic nitrogens is 2. The molecule has 0 bridgehead atoms. The minimum Gasteiger partial charge on any atom is -0.324 e. The van der Waals surface area contributed by atoms with Crippen LogP contribution < -0.4 is 10.9 Å². The number of amides is 1. The van der Waals surface area contributed by atoms with E-state index in [9.17, 15) is 9.59 Å². The molecule has 0 radical (unpaired) electrons. The average Bonchev–Trinajstić information content (AvgIpc) is 2.61. The summed E-state index contributed by atoms with van der Waals surface area (Å²) in [7, 11) is 0. The number of rotatable bonds is 4. The van der Waals surface area contributed by atoms with Crippen LogP contribution in [0.1, 0.15) is 5.56 Å². The molecule has 0 unspecified atom stereocenters. The second-order valence-corrected chi connectivity index (χ2v) is 5.97. The molecule has 1 amide bonds. The van der Waals surface area contributed by atoms with Crippen LogP contribution >= 0.6 is 11.6 Å². The number of halogens is 1. The van der Waals surface area contributed by atoms with Crippen molar-refractivity contribution in [2.24, 2.45) is 0 Å². The molecule has 126 valence electrons. The van der Waals surface area contributed by atoms with E-state index < -0.39 is 0 Å². The Morgan fingerprint density at radius 1 is 1.16 bits per heavy atom. The highest BCUT2D eigenvalue weighted by atomic mass is 35.5. The minimum absolute atomic E-state index is 0.118. The van der Waals surface area contributed by atoms with E-state index >= 15 is 0 Å². The first kappa shape index (κ1) is 16.9. The lowest BCUT2D eigenvalue weighted by atomic mass is 10.1. The van der Waals surface area contributed by atoms with Crippen LogP contribution in [-0.4, -0.2) is 15.5 Å². The molecule has 0 spiro atoms. The maximum atomic E-state index is 12.2. The van der Waals surface area contributed by atoms with Gasteiger partial charge in [-0.25, -0.2) is 4.98 Å². The largest absolute Gasteiger partial charge is 0.324 e. The molecule has 0 aliphatic heterocycles. The quantitative estimate of drug-likeness (QED) is 0.780. The Morgan fingerprint density at radius 3 is 2.64 bits per heavy atom. The molecule has 25 heavy (non-hydrogen) atoms. The van der Waals surface area contributed by atoms with Gasteiger partial charge in [-0.15, -0.1) is 0 Å². The molecular formula is C19H16ClN3O2. The highest BCUT2D eigenvalue weighted by molar-refractivity contribution is 6.31. The molecule has 5 nitrogen and oxygen atoms in total. The average molecular weight is 354 g/mol. The fraction of sp³-hybridized carbons (Fsp3) is 0.105. The molecule has 1 N–H and O–H groups in total. The molecule has 0 fully saturated rings. The van der Waals surface area contributed by atoms with Crippen molar-refractivity contribution in [2.75, 3.05) is 5.32 Å². The van der Waals surface area contributed by atoms with Crippen LogP contribution in [0.5, 0.6) is 0 Å². The van der Waals surface area contributed by atoms with E-state index in [4.69, 9.17) is 11.6 Å². The molecule has 3 rings (SSSR count). The van der Waals surface area contributed by atoms with E-state index in [1.54, 1.807) is 18.2 Å². The lowest BCUT2D eigenvalue weighted by Crippen LogP contribution is -2.27. The number of carbonyl (C=O) groups is 1.